The monoisotopic (exact) mass is 204 g/mol. The van der Waals surface area contributed by atoms with E-state index in [1.807, 2.05) is 6.08 Å². The van der Waals surface area contributed by atoms with Crippen LogP contribution in [0, 0.1) is 0 Å². The molecule has 2 saturated heterocycles. The van der Waals surface area contributed by atoms with Crippen LogP contribution in [0.2, 0.25) is 0 Å². The second-order valence-corrected chi connectivity index (χ2v) is 4.04. The Kier molecular flexibility index (Phi) is 1.26. The molecule has 0 bridgehead atoms. The smallest absolute Gasteiger partial charge is 0.185 e. The van der Waals surface area contributed by atoms with E-state index in [4.69, 9.17) is 13.9 Å². The molecule has 3 heterocycles. The van der Waals surface area contributed by atoms with Crippen molar-refractivity contribution in [3.63, 3.8) is 0 Å². The van der Waals surface area contributed by atoms with E-state index in [2.05, 4.69) is 0 Å². The van der Waals surface area contributed by atoms with E-state index in [9.17, 15) is 4.79 Å². The van der Waals surface area contributed by atoms with Crippen molar-refractivity contribution in [1.82, 2.24) is 0 Å². The fourth-order valence-corrected chi connectivity index (χ4v) is 2.19. The molecule has 76 valence electrons. The third-order valence-electron chi connectivity index (χ3n) is 3.05. The fraction of sp³-hybridized carbons (Fsp3) is 0.364. The maximum atomic E-state index is 11.2. The molecule has 0 N–H and O–H groups in total. The van der Waals surface area contributed by atoms with Gasteiger partial charge in [0.25, 0.3) is 0 Å². The molecule has 0 aromatic carbocycles. The van der Waals surface area contributed by atoms with Crippen molar-refractivity contribution in [1.29, 1.82) is 0 Å². The molecule has 4 rings (SSSR count). The van der Waals surface area contributed by atoms with Crippen LogP contribution in [-0.2, 0) is 9.47 Å². The second kappa shape index (κ2) is 2.40. The quantitative estimate of drug-likeness (QED) is 0.627. The maximum absolute atomic E-state index is 11.2. The van der Waals surface area contributed by atoms with E-state index in [1.54, 1.807) is 0 Å². The lowest BCUT2D eigenvalue weighted by molar-refractivity contribution is 0.314. The van der Waals surface area contributed by atoms with Gasteiger partial charge in [0.05, 0.1) is 6.26 Å². The van der Waals surface area contributed by atoms with Gasteiger partial charge in [-0.2, -0.15) is 0 Å². The van der Waals surface area contributed by atoms with Crippen LogP contribution in [0.1, 0.15) is 5.76 Å². The zero-order valence-corrected chi connectivity index (χ0v) is 7.75. The summed E-state index contributed by atoms with van der Waals surface area (Å²) in [6, 6.07) is 2.89. The Balaban J connectivity index is 1.81. The van der Waals surface area contributed by atoms with Crippen LogP contribution in [0.25, 0.3) is 5.57 Å². The molecular weight excluding hydrogens is 196 g/mol. The van der Waals surface area contributed by atoms with Crippen molar-refractivity contribution in [3.8, 4) is 0 Å². The van der Waals surface area contributed by atoms with Gasteiger partial charge >= 0.3 is 0 Å². The summed E-state index contributed by atoms with van der Waals surface area (Å²) in [7, 11) is 0. The molecular formula is C11H8O4. The molecule has 1 aromatic heterocycles. The first-order chi connectivity index (χ1) is 7.33. The van der Waals surface area contributed by atoms with E-state index in [-0.39, 0.29) is 29.8 Å². The van der Waals surface area contributed by atoms with Gasteiger partial charge in [0, 0.05) is 17.7 Å². The SMILES string of the molecule is O=c1ccoc(C2=C[C@H]3O[C@H]3[C@H]3O[C@@H]23)c1. The van der Waals surface area contributed by atoms with Crippen molar-refractivity contribution in [2.75, 3.05) is 0 Å². The molecule has 0 radical (unpaired) electrons. The number of ether oxygens (including phenoxy) is 2. The highest BCUT2D eigenvalue weighted by molar-refractivity contribution is 5.71. The maximum Gasteiger partial charge on any atom is 0.185 e. The first kappa shape index (κ1) is 7.84. The minimum Gasteiger partial charge on any atom is -0.464 e. The molecule has 0 amide bonds. The molecule has 4 heteroatoms. The van der Waals surface area contributed by atoms with Crippen LogP contribution in [0.15, 0.2) is 33.7 Å². The number of hydrogen-bond donors (Lipinski definition) is 0. The predicted molar refractivity (Wildman–Crippen MR) is 50.3 cm³/mol. The third kappa shape index (κ3) is 1.06. The zero-order valence-electron chi connectivity index (χ0n) is 7.75. The highest BCUT2D eigenvalue weighted by Gasteiger charge is 2.62. The lowest BCUT2D eigenvalue weighted by Gasteiger charge is -2.04. The molecule has 1 aromatic rings. The number of epoxide rings is 2. The first-order valence-electron chi connectivity index (χ1n) is 4.95. The van der Waals surface area contributed by atoms with E-state index < -0.39 is 0 Å². The van der Waals surface area contributed by atoms with E-state index in [0.29, 0.717) is 5.76 Å². The molecule has 3 aliphatic rings. The van der Waals surface area contributed by atoms with E-state index in [0.717, 1.165) is 5.57 Å². The predicted octanol–water partition coefficient (Wildman–Crippen LogP) is 0.572. The summed E-state index contributed by atoms with van der Waals surface area (Å²) in [6.07, 6.45) is 4.07. The summed E-state index contributed by atoms with van der Waals surface area (Å²) in [5, 5.41) is 0. The summed E-state index contributed by atoms with van der Waals surface area (Å²) >= 11 is 0. The highest BCUT2D eigenvalue weighted by atomic mass is 16.7. The Labute approximate surface area is 85.1 Å². The van der Waals surface area contributed by atoms with Gasteiger partial charge in [-0.25, -0.2) is 0 Å². The van der Waals surface area contributed by atoms with E-state index >= 15 is 0 Å². The molecule has 4 nitrogen and oxygen atoms in total. The average molecular weight is 204 g/mol. The molecule has 2 aliphatic heterocycles. The van der Waals surface area contributed by atoms with Crippen LogP contribution in [0.3, 0.4) is 0 Å². The van der Waals surface area contributed by atoms with Gasteiger partial charge in [0.2, 0.25) is 0 Å². The van der Waals surface area contributed by atoms with Crippen LogP contribution in [0.5, 0.6) is 0 Å². The number of hydrogen-bond acceptors (Lipinski definition) is 4. The molecule has 0 spiro atoms. The molecule has 0 unspecified atom stereocenters. The third-order valence-corrected chi connectivity index (χ3v) is 3.05. The zero-order chi connectivity index (χ0) is 9.99. The number of fused-ring (bicyclic) bond motifs is 3. The first-order valence-corrected chi connectivity index (χ1v) is 4.95. The van der Waals surface area contributed by atoms with Crippen LogP contribution in [0.4, 0.5) is 0 Å². The molecule has 4 atom stereocenters. The van der Waals surface area contributed by atoms with Crippen molar-refractivity contribution < 1.29 is 13.9 Å². The van der Waals surface area contributed by atoms with Gasteiger partial charge in [-0.15, -0.1) is 0 Å². The summed E-state index contributed by atoms with van der Waals surface area (Å²) in [4.78, 5) is 11.2. The van der Waals surface area contributed by atoms with Crippen LogP contribution >= 0.6 is 0 Å². The normalized spacial score (nSPS) is 40.1. The summed E-state index contributed by atoms with van der Waals surface area (Å²) in [5.41, 5.74) is 0.907. The Morgan fingerprint density at radius 1 is 1.20 bits per heavy atom. The largest absolute Gasteiger partial charge is 0.464 e. The lowest BCUT2D eigenvalue weighted by atomic mass is 9.98. The molecule has 2 fully saturated rings. The van der Waals surface area contributed by atoms with Gasteiger partial charge in [0.1, 0.15) is 30.2 Å². The lowest BCUT2D eigenvalue weighted by Crippen LogP contribution is -2.12. The Morgan fingerprint density at radius 3 is 3.00 bits per heavy atom. The molecule has 0 saturated carbocycles. The van der Waals surface area contributed by atoms with Crippen molar-refractivity contribution in [2.24, 2.45) is 0 Å². The topological polar surface area (TPSA) is 55.3 Å². The van der Waals surface area contributed by atoms with Crippen LogP contribution in [-0.4, -0.2) is 24.4 Å². The summed E-state index contributed by atoms with van der Waals surface area (Å²) in [5.74, 6) is 0.601. The van der Waals surface area contributed by atoms with E-state index in [1.165, 1.54) is 18.4 Å². The second-order valence-electron chi connectivity index (χ2n) is 4.04. The average Bonchev–Trinajstić information content (AvgIpc) is 3.08. The Bertz CT molecular complexity index is 515. The minimum absolute atomic E-state index is 0.0480. The van der Waals surface area contributed by atoms with Crippen LogP contribution < -0.4 is 5.43 Å². The molecule has 15 heavy (non-hydrogen) atoms. The molecule has 1 aliphatic carbocycles. The standard InChI is InChI=1S/C11H8O4/c12-5-1-2-13-7(3-5)6-4-8-10(14-8)11-9(6)15-11/h1-4,8-11H/t8-,9+,10-,11+/m1/s1. The Morgan fingerprint density at radius 2 is 2.13 bits per heavy atom. The van der Waals surface area contributed by atoms with Crippen molar-refractivity contribution >= 4 is 5.57 Å². The Hall–Kier alpha value is -1.39. The van der Waals surface area contributed by atoms with Gasteiger partial charge in [-0.1, -0.05) is 0 Å². The number of rotatable bonds is 1. The van der Waals surface area contributed by atoms with Gasteiger partial charge in [0.15, 0.2) is 5.43 Å². The highest BCUT2D eigenvalue weighted by Crippen LogP contribution is 2.50. The van der Waals surface area contributed by atoms with Gasteiger partial charge < -0.3 is 13.9 Å². The summed E-state index contributed by atoms with van der Waals surface area (Å²) in [6.45, 7) is 0. The minimum atomic E-state index is -0.0480. The van der Waals surface area contributed by atoms with Gasteiger partial charge in [-0.05, 0) is 6.08 Å². The van der Waals surface area contributed by atoms with Crippen molar-refractivity contribution in [3.05, 3.63) is 40.5 Å². The van der Waals surface area contributed by atoms with Gasteiger partial charge in [-0.3, -0.25) is 4.79 Å². The van der Waals surface area contributed by atoms with Crippen molar-refractivity contribution in [2.45, 2.75) is 24.4 Å². The fourth-order valence-electron chi connectivity index (χ4n) is 2.19. The summed E-state index contributed by atoms with van der Waals surface area (Å²) < 4.78 is 16.2.